The number of ether oxygens (including phenoxy) is 1. The number of aromatic nitrogens is 2. The van der Waals surface area contributed by atoms with Gasteiger partial charge in [-0.2, -0.15) is 33.7 Å². The van der Waals surface area contributed by atoms with Crippen molar-refractivity contribution < 1.29 is 35.9 Å². The molecule has 3 unspecified atom stereocenters. The average Bonchev–Trinajstić information content (AvgIpc) is 3.90. The van der Waals surface area contributed by atoms with Crippen LogP contribution in [-0.2, 0) is 6.18 Å². The van der Waals surface area contributed by atoms with E-state index in [1.165, 1.54) is 0 Å². The van der Waals surface area contributed by atoms with E-state index < -0.39 is 57.8 Å². The summed E-state index contributed by atoms with van der Waals surface area (Å²) in [6, 6.07) is 5.58. The largest absolute Gasteiger partial charge is 0.461 e. The lowest BCUT2D eigenvalue weighted by atomic mass is 9.92. The third-order valence-electron chi connectivity index (χ3n) is 11.4. The predicted molar refractivity (Wildman–Crippen MR) is 192 cm³/mol. The van der Waals surface area contributed by atoms with Gasteiger partial charge in [-0.3, -0.25) is 4.90 Å². The molecule has 4 aliphatic heterocycles. The summed E-state index contributed by atoms with van der Waals surface area (Å²) in [6.45, 7) is 3.97. The Hall–Kier alpha value is -5.07. The Morgan fingerprint density at radius 1 is 1.15 bits per heavy atom. The SMILES string of the molecule is CCN(c1nc(OCC23CCCN2CC(F)C3)nc2c(F)c(-c3ccc(F)c4sc(N)c(C#N)c34)c(C(F)(F)F)cc12)C1CCN(C(=O)N2CC(C#N)C2)C1. The van der Waals surface area contributed by atoms with Crippen molar-refractivity contribution in [2.75, 3.05) is 63.1 Å². The second-order valence-electron chi connectivity index (χ2n) is 14.6. The lowest BCUT2D eigenvalue weighted by Crippen LogP contribution is -2.54. The van der Waals surface area contributed by atoms with Crippen molar-refractivity contribution in [3.05, 3.63) is 41.0 Å². The number of likely N-dealkylation sites (tertiary alicyclic amines) is 2. The number of fused-ring (bicyclic) bond motifs is 3. The number of nitrogen functional groups attached to an aromatic ring is 1. The summed E-state index contributed by atoms with van der Waals surface area (Å²) in [5.74, 6) is -2.53. The van der Waals surface area contributed by atoms with Crippen LogP contribution in [0.1, 0.15) is 43.7 Å². The minimum atomic E-state index is -5.14. The van der Waals surface area contributed by atoms with E-state index in [1.54, 1.807) is 21.6 Å². The first-order valence-electron chi connectivity index (χ1n) is 18.0. The first kappa shape index (κ1) is 36.9. The highest BCUT2D eigenvalue weighted by atomic mass is 32.1. The topological polar surface area (TPSA) is 139 Å². The molecule has 0 saturated carbocycles. The van der Waals surface area contributed by atoms with Gasteiger partial charge in [-0.25, -0.2) is 18.0 Å². The number of alkyl halides is 4. The van der Waals surface area contributed by atoms with Gasteiger partial charge in [0.2, 0.25) is 0 Å². The number of benzene rings is 2. The number of carbonyl (C=O) groups excluding carboxylic acids is 1. The van der Waals surface area contributed by atoms with Crippen LogP contribution in [0.5, 0.6) is 6.01 Å². The molecule has 3 atom stereocenters. The summed E-state index contributed by atoms with van der Waals surface area (Å²) < 4.78 is 98.3. The van der Waals surface area contributed by atoms with Gasteiger partial charge in [-0.05, 0) is 50.4 Å². The molecule has 0 aliphatic carbocycles. The van der Waals surface area contributed by atoms with Crippen molar-refractivity contribution in [1.82, 2.24) is 24.7 Å². The molecule has 2 N–H and O–H groups in total. The second kappa shape index (κ2) is 13.6. The molecule has 8 rings (SSSR count). The molecule has 2 aromatic heterocycles. The highest BCUT2D eigenvalue weighted by Crippen LogP contribution is 2.48. The van der Waals surface area contributed by atoms with Crippen LogP contribution in [0.3, 0.4) is 0 Å². The maximum Gasteiger partial charge on any atom is 0.417 e. The van der Waals surface area contributed by atoms with Gasteiger partial charge in [0, 0.05) is 68.1 Å². The molecular weight excluding hydrogens is 749 g/mol. The summed E-state index contributed by atoms with van der Waals surface area (Å²) in [4.78, 5) is 29.1. The summed E-state index contributed by atoms with van der Waals surface area (Å²) in [5.41, 5.74) is 1.81. The highest BCUT2D eigenvalue weighted by molar-refractivity contribution is 7.23. The molecule has 55 heavy (non-hydrogen) atoms. The van der Waals surface area contributed by atoms with Gasteiger partial charge >= 0.3 is 18.2 Å². The quantitative estimate of drug-likeness (QED) is 0.203. The van der Waals surface area contributed by atoms with Crippen LogP contribution in [0, 0.1) is 40.2 Å². The normalized spacial score (nSPS) is 22.9. The first-order chi connectivity index (χ1) is 26.3. The van der Waals surface area contributed by atoms with Gasteiger partial charge < -0.3 is 25.2 Å². The highest BCUT2D eigenvalue weighted by Gasteiger charge is 2.49. The molecule has 4 fully saturated rings. The maximum atomic E-state index is 17.3. The van der Waals surface area contributed by atoms with Crippen LogP contribution >= 0.6 is 11.3 Å². The Balaban J connectivity index is 1.28. The fourth-order valence-electron chi connectivity index (χ4n) is 8.78. The zero-order valence-corrected chi connectivity index (χ0v) is 30.4. The van der Waals surface area contributed by atoms with Gasteiger partial charge in [0.25, 0.3) is 0 Å². The second-order valence-corrected chi connectivity index (χ2v) is 15.7. The summed E-state index contributed by atoms with van der Waals surface area (Å²) >= 11 is 0.672. The molecular formula is C37H35F6N9O2S. The lowest BCUT2D eigenvalue weighted by molar-refractivity contribution is -0.137. The van der Waals surface area contributed by atoms with Gasteiger partial charge in [0.15, 0.2) is 5.82 Å². The van der Waals surface area contributed by atoms with Gasteiger partial charge in [-0.15, -0.1) is 11.3 Å². The van der Waals surface area contributed by atoms with Gasteiger partial charge in [-0.1, -0.05) is 6.07 Å². The third kappa shape index (κ3) is 6.10. The summed E-state index contributed by atoms with van der Waals surface area (Å²) in [5, 5.41) is 18.4. The molecule has 0 bridgehead atoms. The third-order valence-corrected chi connectivity index (χ3v) is 12.5. The maximum absolute atomic E-state index is 17.3. The minimum absolute atomic E-state index is 0.0386. The number of carbonyl (C=O) groups is 1. The number of nitrogens with two attached hydrogens (primary N) is 1. The van der Waals surface area contributed by atoms with Crippen LogP contribution in [0.25, 0.3) is 32.1 Å². The lowest BCUT2D eigenvalue weighted by Gasteiger charge is -2.38. The number of thiophene rings is 1. The standard InChI is InChI=1S/C37H35F6N9O2S/c1-2-52(21-6-9-49(17-21)35(53)50-14-19(12-44)15-50)33-23-10-25(37(41,42)43)28(22-4-5-26(39)31-27(22)24(13-45)32(46)55-31)29(40)30(23)47-34(48-33)54-18-36-7-3-8-51(36)16-20(38)11-36/h4-5,10,19-21H,2-3,6-9,11,14-18,46H2,1H3. The molecule has 0 radical (unpaired) electrons. The van der Waals surface area contributed by atoms with Gasteiger partial charge in [0.05, 0.1) is 33.4 Å². The number of nitrogens with zero attached hydrogens (tertiary/aromatic N) is 8. The van der Waals surface area contributed by atoms with E-state index in [0.717, 1.165) is 24.6 Å². The Morgan fingerprint density at radius 2 is 1.93 bits per heavy atom. The Kier molecular flexibility index (Phi) is 9.12. The summed E-state index contributed by atoms with van der Waals surface area (Å²) in [7, 11) is 0. The Labute approximate surface area is 315 Å². The number of hydrogen-bond acceptors (Lipinski definition) is 10. The predicted octanol–water partition coefficient (Wildman–Crippen LogP) is 6.69. The van der Waals surface area contributed by atoms with Crippen LogP contribution in [0.15, 0.2) is 18.2 Å². The van der Waals surface area contributed by atoms with E-state index in [2.05, 4.69) is 16.0 Å². The number of hydrogen-bond donors (Lipinski definition) is 1. The molecule has 2 aromatic carbocycles. The van der Waals surface area contributed by atoms with Crippen molar-refractivity contribution in [3.8, 4) is 29.3 Å². The zero-order chi connectivity index (χ0) is 39.0. The van der Waals surface area contributed by atoms with Crippen LogP contribution in [0.2, 0.25) is 0 Å². The number of urea groups is 1. The van der Waals surface area contributed by atoms with E-state index >= 15 is 22.0 Å². The van der Waals surface area contributed by atoms with Gasteiger partial charge in [0.1, 0.15) is 41.0 Å². The molecule has 0 spiro atoms. The van der Waals surface area contributed by atoms with Crippen molar-refractivity contribution in [2.24, 2.45) is 5.92 Å². The van der Waals surface area contributed by atoms with Crippen molar-refractivity contribution in [2.45, 2.75) is 56.5 Å². The Bertz CT molecular complexity index is 2300. The molecule has 4 aliphatic rings. The fraction of sp³-hybridized carbons (Fsp3) is 0.486. The van der Waals surface area contributed by atoms with Crippen LogP contribution in [-0.4, -0.2) is 101 Å². The number of likely N-dealkylation sites (N-methyl/N-ethyl adjacent to an activating group) is 1. The van der Waals surface area contributed by atoms with Crippen molar-refractivity contribution in [1.29, 1.82) is 10.5 Å². The molecule has 288 valence electrons. The number of rotatable bonds is 7. The molecule has 11 nitrogen and oxygen atoms in total. The smallest absolute Gasteiger partial charge is 0.417 e. The van der Waals surface area contributed by atoms with Crippen molar-refractivity contribution >= 4 is 49.2 Å². The monoisotopic (exact) mass is 783 g/mol. The minimum Gasteiger partial charge on any atom is -0.461 e. The van der Waals surface area contributed by atoms with E-state index in [1.807, 2.05) is 11.0 Å². The average molecular weight is 784 g/mol. The van der Waals surface area contributed by atoms with Crippen LogP contribution in [0.4, 0.5) is 42.0 Å². The first-order valence-corrected chi connectivity index (χ1v) is 18.8. The van der Waals surface area contributed by atoms with E-state index in [9.17, 15) is 14.4 Å². The molecule has 4 aromatic rings. The molecule has 18 heteroatoms. The van der Waals surface area contributed by atoms with Crippen molar-refractivity contribution in [3.63, 3.8) is 0 Å². The number of halogens is 6. The van der Waals surface area contributed by atoms with E-state index in [4.69, 9.17) is 15.7 Å². The van der Waals surface area contributed by atoms with Crippen LogP contribution < -0.4 is 15.4 Å². The molecule has 2 amide bonds. The van der Waals surface area contributed by atoms with E-state index in [0.29, 0.717) is 50.4 Å². The zero-order valence-electron chi connectivity index (χ0n) is 29.6. The molecule has 6 heterocycles. The number of nitriles is 2. The Morgan fingerprint density at radius 3 is 2.64 bits per heavy atom. The van der Waals surface area contributed by atoms with E-state index in [-0.39, 0.29) is 82.5 Å². The summed E-state index contributed by atoms with van der Waals surface area (Å²) in [6.07, 6.45) is -4.12. The number of anilines is 2. The molecule has 4 saturated heterocycles. The number of amides is 2. The fourth-order valence-corrected chi connectivity index (χ4v) is 9.73.